The number of nitrogens with one attached hydrogen (secondary N) is 2. The number of amides is 3. The van der Waals surface area contributed by atoms with E-state index in [1.54, 1.807) is 24.3 Å². The maximum absolute atomic E-state index is 14.0. The van der Waals surface area contributed by atoms with Crippen LogP contribution in [0.1, 0.15) is 59.9 Å². The highest BCUT2D eigenvalue weighted by Gasteiger charge is 2.45. The number of anilines is 4. The van der Waals surface area contributed by atoms with E-state index < -0.39 is 0 Å². The Morgan fingerprint density at radius 2 is 1.61 bits per heavy atom. The molecule has 3 aliphatic heterocycles. The summed E-state index contributed by atoms with van der Waals surface area (Å²) in [5.41, 5.74) is 7.40. The molecule has 9 nitrogen and oxygen atoms in total. The fourth-order valence-electron chi connectivity index (χ4n) is 7.38. The zero-order valence-electron chi connectivity index (χ0n) is 28.7. The third-order valence-electron chi connectivity index (χ3n) is 10.3. The molecule has 8 rings (SSSR count). The van der Waals surface area contributed by atoms with Gasteiger partial charge in [-0.25, -0.2) is 4.98 Å². The molecular formula is C41H39N5O4S. The number of hydrogen-bond donors (Lipinski definition) is 2. The minimum absolute atomic E-state index is 0.127. The summed E-state index contributed by atoms with van der Waals surface area (Å²) in [5.74, 6) is 0.207. The second-order valence-electron chi connectivity index (χ2n) is 13.8. The molecule has 0 bridgehead atoms. The Bertz CT molecular complexity index is 2150. The number of carbonyl (C=O) groups is 3. The number of ether oxygens (including phenoxy) is 1. The molecule has 5 aromatic rings. The summed E-state index contributed by atoms with van der Waals surface area (Å²) in [4.78, 5) is 51.2. The summed E-state index contributed by atoms with van der Waals surface area (Å²) in [7, 11) is 0. The van der Waals surface area contributed by atoms with Gasteiger partial charge in [-0.3, -0.25) is 14.4 Å². The van der Waals surface area contributed by atoms with Crippen molar-refractivity contribution < 1.29 is 19.1 Å². The lowest BCUT2D eigenvalue weighted by Crippen LogP contribution is -2.59. The van der Waals surface area contributed by atoms with Crippen LogP contribution in [-0.2, 0) is 11.2 Å². The zero-order valence-corrected chi connectivity index (χ0v) is 29.5. The monoisotopic (exact) mass is 697 g/mol. The van der Waals surface area contributed by atoms with E-state index in [1.807, 2.05) is 85.6 Å². The zero-order chi connectivity index (χ0) is 35.1. The predicted molar refractivity (Wildman–Crippen MR) is 202 cm³/mol. The van der Waals surface area contributed by atoms with Crippen LogP contribution in [0.5, 0.6) is 0 Å². The molecule has 258 valence electrons. The molecule has 2 fully saturated rings. The van der Waals surface area contributed by atoms with Gasteiger partial charge >= 0.3 is 0 Å². The first-order chi connectivity index (χ1) is 24.8. The Hall–Kier alpha value is -5.32. The number of aromatic nitrogens is 1. The minimum Gasteiger partial charge on any atom is -0.381 e. The van der Waals surface area contributed by atoms with E-state index in [0.717, 1.165) is 77.7 Å². The van der Waals surface area contributed by atoms with Gasteiger partial charge in [0.1, 0.15) is 5.82 Å². The highest BCUT2D eigenvalue weighted by atomic mass is 32.1. The van der Waals surface area contributed by atoms with Gasteiger partial charge < -0.3 is 25.2 Å². The van der Waals surface area contributed by atoms with Crippen LogP contribution in [0.3, 0.4) is 0 Å². The topological polar surface area (TPSA) is 104 Å². The third-order valence-corrected chi connectivity index (χ3v) is 11.5. The number of nitrogens with zero attached hydrogens (tertiary/aromatic N) is 3. The van der Waals surface area contributed by atoms with E-state index in [0.29, 0.717) is 40.5 Å². The Morgan fingerprint density at radius 3 is 2.39 bits per heavy atom. The number of carbonyl (C=O) groups excluding carboxylic acids is 3. The molecule has 3 aromatic carbocycles. The number of aryl methyl sites for hydroxylation is 2. The summed E-state index contributed by atoms with van der Waals surface area (Å²) in [6.45, 7) is 7.70. The molecular weight excluding hydrogens is 659 g/mol. The average Bonchev–Trinajstić information content (AvgIpc) is 3.50. The van der Waals surface area contributed by atoms with Gasteiger partial charge in [0.25, 0.3) is 17.7 Å². The van der Waals surface area contributed by atoms with Crippen LogP contribution in [0.2, 0.25) is 0 Å². The van der Waals surface area contributed by atoms with Crippen molar-refractivity contribution >= 4 is 51.9 Å². The highest BCUT2D eigenvalue weighted by Crippen LogP contribution is 2.43. The van der Waals surface area contributed by atoms with Crippen molar-refractivity contribution in [2.24, 2.45) is 5.41 Å². The molecule has 5 heterocycles. The molecule has 0 radical (unpaired) electrons. The molecule has 10 heteroatoms. The molecule has 0 atom stereocenters. The lowest BCUT2D eigenvalue weighted by molar-refractivity contribution is -0.000511. The summed E-state index contributed by atoms with van der Waals surface area (Å²) < 4.78 is 5.57. The van der Waals surface area contributed by atoms with Gasteiger partial charge in [0.05, 0.1) is 16.1 Å². The number of hydrogen-bond acceptors (Lipinski definition) is 7. The van der Waals surface area contributed by atoms with Gasteiger partial charge in [-0.15, -0.1) is 11.3 Å². The molecule has 0 unspecified atom stereocenters. The van der Waals surface area contributed by atoms with Crippen LogP contribution in [0.25, 0.3) is 10.4 Å². The van der Waals surface area contributed by atoms with Crippen LogP contribution < -0.4 is 20.4 Å². The fourth-order valence-corrected chi connectivity index (χ4v) is 8.52. The quantitative estimate of drug-likeness (QED) is 0.188. The van der Waals surface area contributed by atoms with Gasteiger partial charge in [-0.2, -0.15) is 0 Å². The fraction of sp³-hybridized carbons (Fsp3) is 0.268. The standard InChI is InChI=1S/C41H39N5O4S/c1-26-21-32(37(42-23-26)45-24-41(25-45)16-19-50-20-17-41)38(47)43-30-13-11-28(12-14-30)40(49)46-18-15-29-22-35(39(48)44-33-9-5-3-7-27(33)2)51-36(29)31-8-4-6-10-34(31)46/h3-14,21-23H,15-20,24-25H2,1-2H3,(H,43,47)(H,44,48). The number of benzene rings is 3. The van der Waals surface area contributed by atoms with Crippen LogP contribution in [0.15, 0.2) is 91.1 Å². The number of rotatable bonds is 6. The summed E-state index contributed by atoms with van der Waals surface area (Å²) >= 11 is 1.45. The summed E-state index contributed by atoms with van der Waals surface area (Å²) in [5, 5.41) is 6.08. The van der Waals surface area contributed by atoms with Gasteiger partial charge in [0, 0.05) is 71.8 Å². The molecule has 3 amide bonds. The Kier molecular flexibility index (Phi) is 8.65. The van der Waals surface area contributed by atoms with Gasteiger partial charge in [0.2, 0.25) is 0 Å². The second kappa shape index (κ2) is 13.4. The second-order valence-corrected chi connectivity index (χ2v) is 14.9. The maximum atomic E-state index is 14.0. The SMILES string of the molecule is Cc1cnc(N2CC3(CCOCC3)C2)c(C(=O)Nc2ccc(C(=O)N3CCc4cc(C(=O)Nc5ccccc5C)sc4-c4ccccc43)cc2)c1. The molecule has 2 N–H and O–H groups in total. The lowest BCUT2D eigenvalue weighted by atomic mass is 9.73. The third kappa shape index (κ3) is 6.41. The molecule has 0 saturated carbocycles. The van der Waals surface area contributed by atoms with Gasteiger partial charge in [-0.1, -0.05) is 36.4 Å². The molecule has 2 saturated heterocycles. The molecule has 2 aromatic heterocycles. The largest absolute Gasteiger partial charge is 0.381 e. The van der Waals surface area contributed by atoms with E-state index in [9.17, 15) is 14.4 Å². The van der Waals surface area contributed by atoms with Gasteiger partial charge in [-0.05, 0) is 98.3 Å². The number of thiophene rings is 1. The molecule has 0 aliphatic carbocycles. The van der Waals surface area contributed by atoms with Gasteiger partial charge in [0.15, 0.2) is 0 Å². The van der Waals surface area contributed by atoms with Crippen molar-refractivity contribution in [1.29, 1.82) is 0 Å². The van der Waals surface area contributed by atoms with E-state index >= 15 is 0 Å². The Labute approximate surface area is 301 Å². The van der Waals surface area contributed by atoms with Crippen molar-refractivity contribution in [2.45, 2.75) is 33.1 Å². The lowest BCUT2D eigenvalue weighted by Gasteiger charge is -2.53. The summed E-state index contributed by atoms with van der Waals surface area (Å²) in [6, 6.07) is 26.5. The van der Waals surface area contributed by atoms with Crippen molar-refractivity contribution in [3.05, 3.63) is 124 Å². The maximum Gasteiger partial charge on any atom is 0.265 e. The number of fused-ring (bicyclic) bond motifs is 3. The van der Waals surface area contributed by atoms with Crippen molar-refractivity contribution in [2.75, 3.05) is 53.3 Å². The first-order valence-electron chi connectivity index (χ1n) is 17.4. The van der Waals surface area contributed by atoms with E-state index in [-0.39, 0.29) is 23.1 Å². The predicted octanol–water partition coefficient (Wildman–Crippen LogP) is 7.75. The Balaban J connectivity index is 0.974. The van der Waals surface area contributed by atoms with Crippen molar-refractivity contribution in [1.82, 2.24) is 4.98 Å². The van der Waals surface area contributed by atoms with E-state index in [4.69, 9.17) is 4.74 Å². The van der Waals surface area contributed by atoms with Crippen LogP contribution in [0, 0.1) is 19.3 Å². The van der Waals surface area contributed by atoms with Crippen LogP contribution in [-0.4, -0.2) is 55.6 Å². The van der Waals surface area contributed by atoms with Crippen molar-refractivity contribution in [3.63, 3.8) is 0 Å². The minimum atomic E-state index is -0.229. The average molecular weight is 698 g/mol. The normalized spacial score (nSPS) is 16.0. The Morgan fingerprint density at radius 1 is 0.863 bits per heavy atom. The van der Waals surface area contributed by atoms with Crippen LogP contribution in [0.4, 0.5) is 22.9 Å². The first kappa shape index (κ1) is 32.9. The molecule has 51 heavy (non-hydrogen) atoms. The van der Waals surface area contributed by atoms with E-state index in [1.165, 1.54) is 11.3 Å². The molecule has 1 spiro atoms. The summed E-state index contributed by atoms with van der Waals surface area (Å²) in [6.07, 6.45) is 4.49. The smallest absolute Gasteiger partial charge is 0.265 e. The van der Waals surface area contributed by atoms with E-state index in [2.05, 4.69) is 20.5 Å². The molecule has 3 aliphatic rings. The van der Waals surface area contributed by atoms with Crippen LogP contribution >= 0.6 is 11.3 Å². The first-order valence-corrected chi connectivity index (χ1v) is 18.2. The number of pyridine rings is 1. The highest BCUT2D eigenvalue weighted by molar-refractivity contribution is 7.17. The number of para-hydroxylation sites is 2. The van der Waals surface area contributed by atoms with Crippen molar-refractivity contribution in [3.8, 4) is 10.4 Å².